The molecule has 0 aliphatic heterocycles. The number of carbonyl (C=O) groups excluding carboxylic acids is 1. The number of benzene rings is 1. The second-order valence-electron chi connectivity index (χ2n) is 4.64. The van der Waals surface area contributed by atoms with Gasteiger partial charge in [0.25, 0.3) is 0 Å². The smallest absolute Gasteiger partial charge is 0.224 e. The summed E-state index contributed by atoms with van der Waals surface area (Å²) >= 11 is 3.65. The van der Waals surface area contributed by atoms with Crippen molar-refractivity contribution < 1.29 is 4.79 Å². The number of nitrogens with one attached hydrogen (secondary N) is 1. The molecule has 0 aromatic heterocycles. The number of rotatable bonds is 3. The molecule has 3 heteroatoms. The third kappa shape index (κ3) is 3.84. The van der Waals surface area contributed by atoms with Crippen LogP contribution in [0.3, 0.4) is 0 Å². The summed E-state index contributed by atoms with van der Waals surface area (Å²) in [7, 11) is 0. The van der Waals surface area contributed by atoms with Crippen molar-refractivity contribution in [1.29, 1.82) is 0 Å². The monoisotopic (exact) mass is 295 g/mol. The molecule has 1 amide bonds. The summed E-state index contributed by atoms with van der Waals surface area (Å²) in [5.41, 5.74) is 1.08. The van der Waals surface area contributed by atoms with Crippen LogP contribution in [0.25, 0.3) is 0 Å². The van der Waals surface area contributed by atoms with Crippen molar-refractivity contribution in [2.24, 2.45) is 0 Å². The molecule has 2 atom stereocenters. The topological polar surface area (TPSA) is 29.1 Å². The second-order valence-corrected chi connectivity index (χ2v) is 5.81. The van der Waals surface area contributed by atoms with Crippen molar-refractivity contribution in [3.05, 3.63) is 35.9 Å². The minimum atomic E-state index is 0.132. The molecule has 92 valence electrons. The molecule has 1 saturated carbocycles. The molecule has 2 rings (SSSR count). The van der Waals surface area contributed by atoms with Crippen LogP contribution in [0.15, 0.2) is 30.3 Å². The van der Waals surface area contributed by atoms with Gasteiger partial charge in [-0.2, -0.15) is 0 Å². The first-order valence-corrected chi connectivity index (χ1v) is 7.14. The van der Waals surface area contributed by atoms with E-state index in [-0.39, 0.29) is 5.91 Å². The van der Waals surface area contributed by atoms with Gasteiger partial charge in [0, 0.05) is 10.9 Å². The Kier molecular flexibility index (Phi) is 4.60. The summed E-state index contributed by atoms with van der Waals surface area (Å²) < 4.78 is 0. The van der Waals surface area contributed by atoms with E-state index in [1.54, 1.807) is 0 Å². The summed E-state index contributed by atoms with van der Waals surface area (Å²) in [6.45, 7) is 0. The predicted octanol–water partition coefficient (Wildman–Crippen LogP) is 3.05. The van der Waals surface area contributed by atoms with Gasteiger partial charge in [0.2, 0.25) is 5.91 Å². The minimum Gasteiger partial charge on any atom is -0.352 e. The van der Waals surface area contributed by atoms with Gasteiger partial charge < -0.3 is 5.32 Å². The first kappa shape index (κ1) is 12.6. The van der Waals surface area contributed by atoms with Crippen LogP contribution < -0.4 is 5.32 Å². The molecule has 0 radical (unpaired) electrons. The molecule has 1 aromatic rings. The highest BCUT2D eigenvalue weighted by Gasteiger charge is 2.23. The van der Waals surface area contributed by atoms with Crippen LogP contribution in [0.4, 0.5) is 0 Å². The van der Waals surface area contributed by atoms with Gasteiger partial charge in [0.05, 0.1) is 6.42 Å². The molecule has 17 heavy (non-hydrogen) atoms. The van der Waals surface area contributed by atoms with Crippen molar-refractivity contribution in [3.63, 3.8) is 0 Å². The van der Waals surface area contributed by atoms with Crippen molar-refractivity contribution in [2.75, 3.05) is 0 Å². The zero-order chi connectivity index (χ0) is 12.1. The molecule has 1 fully saturated rings. The maximum atomic E-state index is 11.9. The number of alkyl halides is 1. The Balaban J connectivity index is 1.84. The van der Waals surface area contributed by atoms with Crippen molar-refractivity contribution in [3.8, 4) is 0 Å². The number of hydrogen-bond donors (Lipinski definition) is 1. The normalized spacial score (nSPS) is 24.3. The lowest BCUT2D eigenvalue weighted by Crippen LogP contribution is -2.43. The Morgan fingerprint density at radius 3 is 2.65 bits per heavy atom. The van der Waals surface area contributed by atoms with Gasteiger partial charge in [-0.15, -0.1) is 0 Å². The number of halogens is 1. The maximum absolute atomic E-state index is 11.9. The minimum absolute atomic E-state index is 0.132. The van der Waals surface area contributed by atoms with Crippen LogP contribution in [-0.4, -0.2) is 16.8 Å². The van der Waals surface area contributed by atoms with E-state index in [9.17, 15) is 4.79 Å². The highest BCUT2D eigenvalue weighted by atomic mass is 79.9. The van der Waals surface area contributed by atoms with E-state index in [1.807, 2.05) is 30.3 Å². The van der Waals surface area contributed by atoms with Crippen LogP contribution in [0.2, 0.25) is 0 Å². The van der Waals surface area contributed by atoms with Crippen LogP contribution in [0, 0.1) is 0 Å². The van der Waals surface area contributed by atoms with Crippen LogP contribution >= 0.6 is 15.9 Å². The molecular formula is C14H18BrNO. The summed E-state index contributed by atoms with van der Waals surface area (Å²) in [5, 5.41) is 3.13. The van der Waals surface area contributed by atoms with E-state index in [4.69, 9.17) is 0 Å². The first-order chi connectivity index (χ1) is 8.25. The van der Waals surface area contributed by atoms with Crippen molar-refractivity contribution in [2.45, 2.75) is 43.0 Å². The molecule has 0 bridgehead atoms. The molecular weight excluding hydrogens is 278 g/mol. The van der Waals surface area contributed by atoms with Gasteiger partial charge in [0.15, 0.2) is 0 Å². The van der Waals surface area contributed by atoms with Gasteiger partial charge in [-0.1, -0.05) is 59.1 Å². The van der Waals surface area contributed by atoms with E-state index in [0.29, 0.717) is 17.3 Å². The lowest BCUT2D eigenvalue weighted by atomic mass is 9.95. The lowest BCUT2D eigenvalue weighted by molar-refractivity contribution is -0.121. The highest BCUT2D eigenvalue weighted by Crippen LogP contribution is 2.24. The zero-order valence-electron chi connectivity index (χ0n) is 9.86. The summed E-state index contributed by atoms with van der Waals surface area (Å²) in [4.78, 5) is 12.3. The van der Waals surface area contributed by atoms with E-state index in [1.165, 1.54) is 12.8 Å². The van der Waals surface area contributed by atoms with Crippen molar-refractivity contribution in [1.82, 2.24) is 5.32 Å². The van der Waals surface area contributed by atoms with Crippen molar-refractivity contribution >= 4 is 21.8 Å². The summed E-state index contributed by atoms with van der Waals surface area (Å²) in [6.07, 6.45) is 5.23. The standard InChI is InChI=1S/C14H18BrNO/c15-12-8-4-5-9-13(12)16-14(17)10-11-6-2-1-3-7-11/h1-3,6-7,12-13H,4-5,8-10H2,(H,16,17)/t12-,13+/m1/s1. The number of carbonyl (C=O) groups is 1. The van der Waals surface area contributed by atoms with Gasteiger partial charge >= 0.3 is 0 Å². The first-order valence-electron chi connectivity index (χ1n) is 6.23. The van der Waals surface area contributed by atoms with E-state index < -0.39 is 0 Å². The second kappa shape index (κ2) is 6.20. The highest BCUT2D eigenvalue weighted by molar-refractivity contribution is 9.09. The van der Waals surface area contributed by atoms with Crippen LogP contribution in [0.5, 0.6) is 0 Å². The molecule has 0 heterocycles. The van der Waals surface area contributed by atoms with Gasteiger partial charge in [-0.05, 0) is 18.4 Å². The fourth-order valence-corrected chi connectivity index (χ4v) is 3.01. The Morgan fingerprint density at radius 1 is 1.24 bits per heavy atom. The molecule has 1 N–H and O–H groups in total. The SMILES string of the molecule is O=C(Cc1ccccc1)N[C@H]1CCCC[C@H]1Br. The third-order valence-corrected chi connectivity index (χ3v) is 4.33. The summed E-state index contributed by atoms with van der Waals surface area (Å²) in [5.74, 6) is 0.132. The molecule has 1 aliphatic carbocycles. The van der Waals surface area contributed by atoms with Gasteiger partial charge in [-0.25, -0.2) is 0 Å². The largest absolute Gasteiger partial charge is 0.352 e. The van der Waals surface area contributed by atoms with Gasteiger partial charge in [-0.3, -0.25) is 4.79 Å². The average Bonchev–Trinajstić information content (AvgIpc) is 2.33. The number of amides is 1. The van der Waals surface area contributed by atoms with Gasteiger partial charge in [0.1, 0.15) is 0 Å². The molecule has 0 spiro atoms. The quantitative estimate of drug-likeness (QED) is 0.853. The predicted molar refractivity (Wildman–Crippen MR) is 73.3 cm³/mol. The Morgan fingerprint density at radius 2 is 1.94 bits per heavy atom. The number of hydrogen-bond acceptors (Lipinski definition) is 1. The molecule has 2 nitrogen and oxygen atoms in total. The average molecular weight is 296 g/mol. The maximum Gasteiger partial charge on any atom is 0.224 e. The lowest BCUT2D eigenvalue weighted by Gasteiger charge is -2.28. The molecule has 1 aliphatic rings. The van der Waals surface area contributed by atoms with E-state index >= 15 is 0 Å². The fourth-order valence-electron chi connectivity index (χ4n) is 2.29. The zero-order valence-corrected chi connectivity index (χ0v) is 11.4. The molecule has 0 unspecified atom stereocenters. The molecule has 1 aromatic carbocycles. The fraction of sp³-hybridized carbons (Fsp3) is 0.500. The van der Waals surface area contributed by atoms with E-state index in [0.717, 1.165) is 18.4 Å². The Hall–Kier alpha value is -0.830. The Labute approximate surface area is 111 Å². The summed E-state index contributed by atoms with van der Waals surface area (Å²) in [6, 6.07) is 10.2. The molecule has 0 saturated heterocycles. The van der Waals surface area contributed by atoms with Crippen LogP contribution in [0.1, 0.15) is 31.2 Å². The van der Waals surface area contributed by atoms with E-state index in [2.05, 4.69) is 21.2 Å². The Bertz CT molecular complexity index is 366. The third-order valence-electron chi connectivity index (χ3n) is 3.24. The van der Waals surface area contributed by atoms with Crippen LogP contribution in [-0.2, 0) is 11.2 Å².